The molecule has 2 aliphatic rings. The van der Waals surface area contributed by atoms with Gasteiger partial charge in [0.05, 0.1) is 0 Å². The van der Waals surface area contributed by atoms with Crippen LogP contribution in [-0.4, -0.2) is 44.2 Å². The molecule has 2 heterocycles. The van der Waals surface area contributed by atoms with E-state index in [0.29, 0.717) is 30.9 Å². The number of hydrogen-bond donors (Lipinski definition) is 1. The lowest BCUT2D eigenvalue weighted by atomic mass is 10.1. The Morgan fingerprint density at radius 2 is 1.54 bits per heavy atom. The van der Waals surface area contributed by atoms with Crippen LogP contribution in [0.5, 0.6) is 0 Å². The van der Waals surface area contributed by atoms with Crippen LogP contribution in [0.25, 0.3) is 0 Å². The molecule has 7 nitrogen and oxygen atoms in total. The molecule has 0 atom stereocenters. The van der Waals surface area contributed by atoms with Crippen molar-refractivity contribution < 1.29 is 22.4 Å². The van der Waals surface area contributed by atoms with Crippen molar-refractivity contribution in [2.75, 3.05) is 29.9 Å². The number of rotatable bonds is 5. The van der Waals surface area contributed by atoms with Crippen LogP contribution < -0.4 is 10.2 Å². The molecule has 9 heteroatoms. The molecule has 0 bridgehead atoms. The Morgan fingerprint density at radius 1 is 0.857 bits per heavy atom. The molecular formula is C26H24FN3O4S. The van der Waals surface area contributed by atoms with Crippen molar-refractivity contribution in [1.82, 2.24) is 4.31 Å². The zero-order valence-electron chi connectivity index (χ0n) is 18.9. The molecule has 3 aromatic carbocycles. The summed E-state index contributed by atoms with van der Waals surface area (Å²) in [6.45, 7) is 1.29. The fourth-order valence-corrected chi connectivity index (χ4v) is 6.12. The van der Waals surface area contributed by atoms with Crippen LogP contribution in [0.4, 0.5) is 15.8 Å². The highest BCUT2D eigenvalue weighted by Gasteiger charge is 2.30. The molecule has 0 saturated carbocycles. The van der Waals surface area contributed by atoms with Crippen molar-refractivity contribution in [3.8, 4) is 0 Å². The lowest BCUT2D eigenvalue weighted by Crippen LogP contribution is -2.29. The van der Waals surface area contributed by atoms with Gasteiger partial charge in [0.2, 0.25) is 10.0 Å². The summed E-state index contributed by atoms with van der Waals surface area (Å²) >= 11 is 0. The van der Waals surface area contributed by atoms with Crippen molar-refractivity contribution in [2.45, 2.75) is 24.2 Å². The maximum absolute atomic E-state index is 14.4. The van der Waals surface area contributed by atoms with Gasteiger partial charge in [-0.05, 0) is 73.4 Å². The summed E-state index contributed by atoms with van der Waals surface area (Å²) in [5, 5.41) is 2.68. The van der Waals surface area contributed by atoms with Gasteiger partial charge in [0, 0.05) is 42.1 Å². The minimum Gasteiger partial charge on any atom is -0.322 e. The summed E-state index contributed by atoms with van der Waals surface area (Å²) in [6, 6.07) is 17.6. The van der Waals surface area contributed by atoms with Crippen LogP contribution >= 0.6 is 0 Å². The number of carbonyl (C=O) groups is 2. The third kappa shape index (κ3) is 4.44. The van der Waals surface area contributed by atoms with Crippen molar-refractivity contribution in [2.24, 2.45) is 0 Å². The minimum atomic E-state index is -4.01. The molecule has 1 fully saturated rings. The molecule has 2 aliphatic heterocycles. The zero-order valence-corrected chi connectivity index (χ0v) is 19.7. The first-order valence-corrected chi connectivity index (χ1v) is 12.9. The summed E-state index contributed by atoms with van der Waals surface area (Å²) in [5.74, 6) is -1.58. The summed E-state index contributed by atoms with van der Waals surface area (Å²) in [5.41, 5.74) is 2.99. The van der Waals surface area contributed by atoms with Crippen molar-refractivity contribution in [3.63, 3.8) is 0 Å². The van der Waals surface area contributed by atoms with E-state index in [1.54, 1.807) is 29.2 Å². The van der Waals surface area contributed by atoms with Gasteiger partial charge in [-0.2, -0.15) is 4.31 Å². The third-order valence-corrected chi connectivity index (χ3v) is 8.31. The largest absolute Gasteiger partial charge is 0.322 e. The molecule has 0 aromatic heterocycles. The first-order valence-electron chi connectivity index (χ1n) is 11.5. The molecule has 0 unspecified atom stereocenters. The fourth-order valence-electron chi connectivity index (χ4n) is 4.51. The Bertz CT molecular complexity index is 1400. The first kappa shape index (κ1) is 23.2. The predicted octanol–water partition coefficient (Wildman–Crippen LogP) is 4.07. The third-order valence-electron chi connectivity index (χ3n) is 6.40. The number of amides is 2. The van der Waals surface area contributed by atoms with Crippen molar-refractivity contribution in [3.05, 3.63) is 89.2 Å². The van der Waals surface area contributed by atoms with E-state index in [9.17, 15) is 22.4 Å². The normalized spacial score (nSPS) is 15.7. The van der Waals surface area contributed by atoms with Gasteiger partial charge < -0.3 is 10.2 Å². The second-order valence-electron chi connectivity index (χ2n) is 8.62. The van der Waals surface area contributed by atoms with Gasteiger partial charge in [0.15, 0.2) is 0 Å². The highest BCUT2D eigenvalue weighted by atomic mass is 32.2. The molecular weight excluding hydrogens is 469 g/mol. The quantitative estimate of drug-likeness (QED) is 0.581. The van der Waals surface area contributed by atoms with Gasteiger partial charge in [-0.15, -0.1) is 0 Å². The fraction of sp³-hybridized carbons (Fsp3) is 0.231. The predicted molar refractivity (Wildman–Crippen MR) is 131 cm³/mol. The Balaban J connectivity index is 1.31. The van der Waals surface area contributed by atoms with E-state index in [1.807, 2.05) is 24.3 Å². The number of hydrogen-bond acceptors (Lipinski definition) is 4. The molecule has 1 N–H and O–H groups in total. The van der Waals surface area contributed by atoms with Gasteiger partial charge in [0.25, 0.3) is 11.8 Å². The average Bonchev–Trinajstić information content (AvgIpc) is 3.55. The monoisotopic (exact) mass is 493 g/mol. The molecule has 5 rings (SSSR count). The van der Waals surface area contributed by atoms with E-state index in [2.05, 4.69) is 5.32 Å². The number of nitrogens with one attached hydrogen (secondary N) is 1. The van der Waals surface area contributed by atoms with Crippen LogP contribution in [0.15, 0.2) is 71.6 Å². The maximum atomic E-state index is 14.4. The SMILES string of the molecule is O=C(Nc1ccc(C(=O)N2CCc3ccccc32)cc1)c1ccc(F)c(S(=O)(=O)N2CCCC2)c1. The second kappa shape index (κ2) is 9.24. The lowest BCUT2D eigenvalue weighted by Gasteiger charge is -2.17. The number of fused-ring (bicyclic) bond motifs is 1. The molecule has 0 radical (unpaired) electrons. The second-order valence-corrected chi connectivity index (χ2v) is 10.5. The van der Waals surface area contributed by atoms with Crippen LogP contribution in [0.2, 0.25) is 0 Å². The minimum absolute atomic E-state index is 0.0259. The van der Waals surface area contributed by atoms with E-state index in [0.717, 1.165) is 42.6 Å². The van der Waals surface area contributed by atoms with Gasteiger partial charge in [0.1, 0.15) is 10.7 Å². The summed E-state index contributed by atoms with van der Waals surface area (Å²) in [4.78, 5) is 27.0. The first-order chi connectivity index (χ1) is 16.8. The number of halogens is 1. The van der Waals surface area contributed by atoms with Crippen molar-refractivity contribution >= 4 is 33.2 Å². The van der Waals surface area contributed by atoms with Gasteiger partial charge in [-0.25, -0.2) is 12.8 Å². The molecule has 3 aromatic rings. The number of sulfonamides is 1. The van der Waals surface area contributed by atoms with Crippen LogP contribution in [0, 0.1) is 5.82 Å². The zero-order chi connectivity index (χ0) is 24.6. The van der Waals surface area contributed by atoms with Crippen LogP contribution in [0.1, 0.15) is 39.1 Å². The molecule has 180 valence electrons. The van der Waals surface area contributed by atoms with Gasteiger partial charge >= 0.3 is 0 Å². The highest BCUT2D eigenvalue weighted by Crippen LogP contribution is 2.29. The van der Waals surface area contributed by atoms with E-state index in [-0.39, 0.29) is 11.5 Å². The number of benzene rings is 3. The lowest BCUT2D eigenvalue weighted by molar-refractivity contribution is 0.0988. The molecule has 2 amide bonds. The number of anilines is 2. The van der Waals surface area contributed by atoms with E-state index in [4.69, 9.17) is 0 Å². The Labute approximate surface area is 203 Å². The molecule has 0 spiro atoms. The Hall–Kier alpha value is -3.56. The molecule has 1 saturated heterocycles. The summed E-state index contributed by atoms with van der Waals surface area (Å²) < 4.78 is 41.2. The van der Waals surface area contributed by atoms with E-state index < -0.39 is 26.6 Å². The topological polar surface area (TPSA) is 86.8 Å². The van der Waals surface area contributed by atoms with Crippen LogP contribution in [-0.2, 0) is 16.4 Å². The number of carbonyl (C=O) groups excluding carboxylic acids is 2. The van der Waals surface area contributed by atoms with E-state index in [1.165, 1.54) is 10.4 Å². The number of nitrogens with zero attached hydrogens (tertiary/aromatic N) is 2. The smallest absolute Gasteiger partial charge is 0.258 e. The maximum Gasteiger partial charge on any atom is 0.258 e. The molecule has 35 heavy (non-hydrogen) atoms. The van der Waals surface area contributed by atoms with Crippen LogP contribution in [0.3, 0.4) is 0 Å². The number of para-hydroxylation sites is 1. The standard InChI is InChI=1S/C26H24FN3O4S/c27-22-12-9-20(17-24(22)35(33,34)29-14-3-4-15-29)25(31)28-21-10-7-19(8-11-21)26(32)30-16-13-18-5-1-2-6-23(18)30/h1-2,5-12,17H,3-4,13-16H2,(H,28,31). The van der Waals surface area contributed by atoms with Crippen molar-refractivity contribution in [1.29, 1.82) is 0 Å². The Morgan fingerprint density at radius 3 is 2.29 bits per heavy atom. The van der Waals surface area contributed by atoms with E-state index >= 15 is 0 Å². The van der Waals surface area contributed by atoms with Gasteiger partial charge in [-0.3, -0.25) is 9.59 Å². The summed E-state index contributed by atoms with van der Waals surface area (Å²) in [6.07, 6.45) is 2.26. The highest BCUT2D eigenvalue weighted by molar-refractivity contribution is 7.89. The Kier molecular flexibility index (Phi) is 6.12. The summed E-state index contributed by atoms with van der Waals surface area (Å²) in [7, 11) is -4.01. The van der Waals surface area contributed by atoms with Gasteiger partial charge in [-0.1, -0.05) is 18.2 Å². The molecule has 0 aliphatic carbocycles. The average molecular weight is 494 g/mol.